The first-order chi connectivity index (χ1) is 18.2. The maximum absolute atomic E-state index is 12.6. The van der Waals surface area contributed by atoms with Crippen LogP contribution in [0.4, 0.5) is 0 Å². The molecule has 39 heavy (non-hydrogen) atoms. The largest absolute Gasteiger partial charge is 0.303 e. The molecule has 0 bridgehead atoms. The Bertz CT molecular complexity index is 1660. The standard InChI is InChI=1S/C29H35NO6S3/c1-37(31,32)25-10-6-8-23(20-25)22-14-17-30(18-15-22)19-16-27(24-9-7-11-26(21-24)38(2,33)34)28-12-4-5-13-29(28)39(3,35)36/h4-13,20-22,27H,14-19H2,1-3H3. The third kappa shape index (κ3) is 7.36. The van der Waals surface area contributed by atoms with Gasteiger partial charge in [0.15, 0.2) is 29.5 Å². The Morgan fingerprint density at radius 1 is 0.718 bits per heavy atom. The summed E-state index contributed by atoms with van der Waals surface area (Å²) in [5, 5.41) is 0. The monoisotopic (exact) mass is 589 g/mol. The topological polar surface area (TPSA) is 106 Å². The molecule has 1 heterocycles. The number of hydrogen-bond donors (Lipinski definition) is 0. The molecule has 1 fully saturated rings. The quantitative estimate of drug-likeness (QED) is 0.366. The average Bonchev–Trinajstić information content (AvgIpc) is 2.88. The number of benzene rings is 3. The van der Waals surface area contributed by atoms with Gasteiger partial charge < -0.3 is 4.90 Å². The van der Waals surface area contributed by atoms with E-state index < -0.39 is 29.5 Å². The van der Waals surface area contributed by atoms with Crippen molar-refractivity contribution in [3.05, 3.63) is 89.5 Å². The van der Waals surface area contributed by atoms with Gasteiger partial charge in [-0.05, 0) is 91.8 Å². The average molecular weight is 590 g/mol. The summed E-state index contributed by atoms with van der Waals surface area (Å²) in [5.74, 6) is -0.0297. The summed E-state index contributed by atoms with van der Waals surface area (Å²) in [6, 6.07) is 20.9. The maximum atomic E-state index is 12.6. The van der Waals surface area contributed by atoms with Crippen LogP contribution < -0.4 is 0 Å². The van der Waals surface area contributed by atoms with Crippen LogP contribution in [0.2, 0.25) is 0 Å². The number of hydrogen-bond acceptors (Lipinski definition) is 7. The third-order valence-electron chi connectivity index (χ3n) is 7.46. The summed E-state index contributed by atoms with van der Waals surface area (Å²) < 4.78 is 73.8. The molecule has 1 aliphatic rings. The Morgan fingerprint density at radius 2 is 1.31 bits per heavy atom. The summed E-state index contributed by atoms with van der Waals surface area (Å²) in [6.07, 6.45) is 5.98. The lowest BCUT2D eigenvalue weighted by Gasteiger charge is -2.33. The van der Waals surface area contributed by atoms with E-state index in [1.807, 2.05) is 24.3 Å². The second-order valence-corrected chi connectivity index (χ2v) is 16.5. The third-order valence-corrected chi connectivity index (χ3v) is 10.9. The number of nitrogens with zero attached hydrogens (tertiary/aromatic N) is 1. The van der Waals surface area contributed by atoms with Gasteiger partial charge in [-0.3, -0.25) is 0 Å². The van der Waals surface area contributed by atoms with E-state index in [4.69, 9.17) is 0 Å². The highest BCUT2D eigenvalue weighted by Crippen LogP contribution is 2.35. The first kappa shape index (κ1) is 29.5. The minimum absolute atomic E-state index is 0.207. The van der Waals surface area contributed by atoms with E-state index in [0.717, 1.165) is 37.1 Å². The number of piperidine rings is 1. The molecule has 0 aliphatic carbocycles. The molecule has 1 atom stereocenters. The Labute approximate surface area is 232 Å². The zero-order chi connectivity index (χ0) is 28.4. The lowest BCUT2D eigenvalue weighted by Crippen LogP contribution is -2.34. The summed E-state index contributed by atoms with van der Waals surface area (Å²) in [5.41, 5.74) is 2.47. The molecular weight excluding hydrogens is 555 g/mol. The zero-order valence-corrected chi connectivity index (χ0v) is 24.9. The molecular formula is C29H35NO6S3. The summed E-state index contributed by atoms with van der Waals surface area (Å²) in [7, 11) is -10.2. The SMILES string of the molecule is CS(=O)(=O)c1cccc(C2CCN(CCC(c3cccc(S(C)(=O)=O)c3)c3ccccc3S(C)(=O)=O)CC2)c1. The lowest BCUT2D eigenvalue weighted by atomic mass is 9.87. The minimum atomic E-state index is -3.49. The number of sulfone groups is 3. The van der Waals surface area contributed by atoms with Crippen LogP contribution in [0.15, 0.2) is 87.5 Å². The van der Waals surface area contributed by atoms with Crippen molar-refractivity contribution in [3.63, 3.8) is 0 Å². The molecule has 0 spiro atoms. The van der Waals surface area contributed by atoms with Crippen molar-refractivity contribution < 1.29 is 25.3 Å². The summed E-state index contributed by atoms with van der Waals surface area (Å²) >= 11 is 0. The Morgan fingerprint density at radius 3 is 1.92 bits per heavy atom. The molecule has 1 aliphatic heterocycles. The van der Waals surface area contributed by atoms with Crippen molar-refractivity contribution in [3.8, 4) is 0 Å². The van der Waals surface area contributed by atoms with Crippen LogP contribution in [0.5, 0.6) is 0 Å². The normalized spacial score (nSPS) is 16.7. The van der Waals surface area contributed by atoms with Gasteiger partial charge in [-0.25, -0.2) is 25.3 Å². The molecule has 10 heteroatoms. The highest BCUT2D eigenvalue weighted by atomic mass is 32.2. The number of likely N-dealkylation sites (tertiary alicyclic amines) is 1. The second-order valence-electron chi connectivity index (χ2n) is 10.5. The zero-order valence-electron chi connectivity index (χ0n) is 22.4. The smallest absolute Gasteiger partial charge is 0.175 e. The van der Waals surface area contributed by atoms with Crippen molar-refractivity contribution >= 4 is 29.5 Å². The number of rotatable bonds is 9. The van der Waals surface area contributed by atoms with Gasteiger partial charge in [0.05, 0.1) is 14.7 Å². The molecule has 1 unspecified atom stereocenters. The van der Waals surface area contributed by atoms with Gasteiger partial charge in [-0.1, -0.05) is 42.5 Å². The van der Waals surface area contributed by atoms with Crippen molar-refractivity contribution in [2.75, 3.05) is 38.4 Å². The van der Waals surface area contributed by atoms with Crippen LogP contribution >= 0.6 is 0 Å². The van der Waals surface area contributed by atoms with E-state index in [1.54, 1.807) is 48.5 Å². The molecule has 0 amide bonds. The van der Waals surface area contributed by atoms with Crippen LogP contribution in [0.3, 0.4) is 0 Å². The van der Waals surface area contributed by atoms with Gasteiger partial charge in [0.1, 0.15) is 0 Å². The van der Waals surface area contributed by atoms with E-state index in [-0.39, 0.29) is 21.6 Å². The molecule has 4 rings (SSSR count). The highest BCUT2D eigenvalue weighted by molar-refractivity contribution is 7.91. The van der Waals surface area contributed by atoms with Gasteiger partial charge in [0, 0.05) is 24.7 Å². The first-order valence-electron chi connectivity index (χ1n) is 12.8. The molecule has 1 saturated heterocycles. The summed E-state index contributed by atoms with van der Waals surface area (Å²) in [6.45, 7) is 2.37. The molecule has 7 nitrogen and oxygen atoms in total. The van der Waals surface area contributed by atoms with Crippen LogP contribution in [0, 0.1) is 0 Å². The van der Waals surface area contributed by atoms with Crippen LogP contribution in [0.1, 0.15) is 47.8 Å². The van der Waals surface area contributed by atoms with Crippen LogP contribution in [0.25, 0.3) is 0 Å². The molecule has 3 aromatic carbocycles. The van der Waals surface area contributed by atoms with Crippen LogP contribution in [-0.4, -0.2) is 68.6 Å². The Hall–Kier alpha value is -2.53. The van der Waals surface area contributed by atoms with Crippen molar-refractivity contribution in [2.45, 2.75) is 45.8 Å². The fourth-order valence-electron chi connectivity index (χ4n) is 5.37. The molecule has 0 N–H and O–H groups in total. The van der Waals surface area contributed by atoms with Crippen molar-refractivity contribution in [1.82, 2.24) is 4.90 Å². The van der Waals surface area contributed by atoms with Crippen molar-refractivity contribution in [2.24, 2.45) is 0 Å². The van der Waals surface area contributed by atoms with Gasteiger partial charge in [0.25, 0.3) is 0 Å². The van der Waals surface area contributed by atoms with E-state index in [2.05, 4.69) is 4.90 Å². The molecule has 0 aromatic heterocycles. The van der Waals surface area contributed by atoms with E-state index >= 15 is 0 Å². The fraction of sp³-hybridized carbons (Fsp3) is 0.379. The van der Waals surface area contributed by atoms with Gasteiger partial charge >= 0.3 is 0 Å². The van der Waals surface area contributed by atoms with E-state index in [9.17, 15) is 25.3 Å². The van der Waals surface area contributed by atoms with Gasteiger partial charge in [-0.15, -0.1) is 0 Å². The molecule has 3 aromatic rings. The lowest BCUT2D eigenvalue weighted by molar-refractivity contribution is 0.207. The predicted molar refractivity (Wildman–Crippen MR) is 154 cm³/mol. The predicted octanol–water partition coefficient (Wildman–Crippen LogP) is 4.30. The van der Waals surface area contributed by atoms with E-state index in [1.165, 1.54) is 18.8 Å². The maximum Gasteiger partial charge on any atom is 0.175 e. The van der Waals surface area contributed by atoms with Gasteiger partial charge in [0.2, 0.25) is 0 Å². The molecule has 0 saturated carbocycles. The first-order valence-corrected chi connectivity index (χ1v) is 18.5. The van der Waals surface area contributed by atoms with Crippen LogP contribution in [-0.2, 0) is 29.5 Å². The van der Waals surface area contributed by atoms with Crippen molar-refractivity contribution in [1.29, 1.82) is 0 Å². The van der Waals surface area contributed by atoms with Gasteiger partial charge in [-0.2, -0.15) is 0 Å². The second kappa shape index (κ2) is 11.5. The molecule has 0 radical (unpaired) electrons. The van der Waals surface area contributed by atoms with E-state index in [0.29, 0.717) is 23.4 Å². The highest BCUT2D eigenvalue weighted by Gasteiger charge is 2.26. The Kier molecular flexibility index (Phi) is 8.70. The summed E-state index contributed by atoms with van der Waals surface area (Å²) in [4.78, 5) is 3.14. The Balaban J connectivity index is 1.55. The fourth-order valence-corrected chi connectivity index (χ4v) is 7.69. The molecule has 210 valence electrons. The minimum Gasteiger partial charge on any atom is -0.303 e.